The Kier molecular flexibility index (Phi) is 8.05. The van der Waals surface area contributed by atoms with Crippen molar-refractivity contribution in [1.29, 1.82) is 0 Å². The molecule has 1 amide bonds. The van der Waals surface area contributed by atoms with Gasteiger partial charge in [-0.15, -0.1) is 0 Å². The zero-order valence-electron chi connectivity index (χ0n) is 17.6. The average molecular weight is 381 g/mol. The van der Waals surface area contributed by atoms with Gasteiger partial charge in [-0.3, -0.25) is 9.79 Å². The molecule has 1 atom stereocenters. The fraction of sp³-hybridized carbons (Fsp3) is 0.391. The number of carbonyl (C=O) groups is 1. The maximum Gasteiger partial charge on any atom is 0.253 e. The summed E-state index contributed by atoms with van der Waals surface area (Å²) in [7, 11) is 5.29. The third kappa shape index (κ3) is 6.12. The lowest BCUT2D eigenvalue weighted by Crippen LogP contribution is -2.39. The Hall–Kier alpha value is -2.82. The van der Waals surface area contributed by atoms with E-state index in [1.165, 1.54) is 5.56 Å². The first kappa shape index (κ1) is 21.5. The Balaban J connectivity index is 1.91. The van der Waals surface area contributed by atoms with E-state index in [9.17, 15) is 4.79 Å². The normalized spacial score (nSPS) is 12.6. The van der Waals surface area contributed by atoms with Crippen molar-refractivity contribution in [2.24, 2.45) is 10.9 Å². The minimum Gasteiger partial charge on any atom is -0.356 e. The Morgan fingerprint density at radius 3 is 2.18 bits per heavy atom. The minimum absolute atomic E-state index is 0.0117. The molecule has 0 aliphatic rings. The van der Waals surface area contributed by atoms with Gasteiger partial charge in [0.25, 0.3) is 5.91 Å². The van der Waals surface area contributed by atoms with Crippen molar-refractivity contribution in [3.05, 3.63) is 71.3 Å². The van der Waals surface area contributed by atoms with Gasteiger partial charge in [0.2, 0.25) is 0 Å². The van der Waals surface area contributed by atoms with Crippen LogP contribution in [0.4, 0.5) is 0 Å². The molecule has 0 aliphatic carbocycles. The van der Waals surface area contributed by atoms with Crippen LogP contribution in [0.5, 0.6) is 0 Å². The Morgan fingerprint density at radius 1 is 1.00 bits per heavy atom. The molecule has 2 aromatic carbocycles. The van der Waals surface area contributed by atoms with Crippen molar-refractivity contribution < 1.29 is 4.79 Å². The molecule has 5 nitrogen and oxygen atoms in total. The molecular weight excluding hydrogens is 348 g/mol. The van der Waals surface area contributed by atoms with Crippen molar-refractivity contribution >= 4 is 11.9 Å². The topological polar surface area (TPSA) is 56.7 Å². The molecule has 28 heavy (non-hydrogen) atoms. The van der Waals surface area contributed by atoms with Crippen LogP contribution in [-0.4, -0.2) is 44.5 Å². The van der Waals surface area contributed by atoms with Gasteiger partial charge >= 0.3 is 0 Å². The molecule has 2 rings (SSSR count). The van der Waals surface area contributed by atoms with E-state index < -0.39 is 0 Å². The number of hydrogen-bond acceptors (Lipinski definition) is 2. The van der Waals surface area contributed by atoms with Gasteiger partial charge in [0.05, 0.1) is 0 Å². The number of rotatable bonds is 7. The summed E-state index contributed by atoms with van der Waals surface area (Å²) >= 11 is 0. The molecule has 1 unspecified atom stereocenters. The molecule has 2 aromatic rings. The van der Waals surface area contributed by atoms with Gasteiger partial charge in [-0.25, -0.2) is 0 Å². The van der Waals surface area contributed by atoms with Crippen molar-refractivity contribution in [3.8, 4) is 0 Å². The SMILES string of the molecule is CN=C(NCc1ccc(C(=O)N(C)C)cc1)NCC(c1ccccc1)C(C)C. The number of benzene rings is 2. The summed E-state index contributed by atoms with van der Waals surface area (Å²) in [6.07, 6.45) is 0. The van der Waals surface area contributed by atoms with Crippen molar-refractivity contribution in [1.82, 2.24) is 15.5 Å². The van der Waals surface area contributed by atoms with Crippen molar-refractivity contribution in [2.45, 2.75) is 26.3 Å². The predicted octanol–water partition coefficient (Wildman–Crippen LogP) is 3.49. The van der Waals surface area contributed by atoms with Gasteiger partial charge < -0.3 is 15.5 Å². The van der Waals surface area contributed by atoms with Crippen LogP contribution in [0.25, 0.3) is 0 Å². The number of amides is 1. The summed E-state index contributed by atoms with van der Waals surface area (Å²) < 4.78 is 0. The molecule has 0 bridgehead atoms. The summed E-state index contributed by atoms with van der Waals surface area (Å²) in [5, 5.41) is 6.79. The third-order valence-electron chi connectivity index (χ3n) is 4.81. The molecule has 0 fully saturated rings. The summed E-state index contributed by atoms with van der Waals surface area (Å²) in [5.74, 6) is 1.72. The van der Waals surface area contributed by atoms with E-state index in [1.54, 1.807) is 26.0 Å². The number of carbonyl (C=O) groups excluding carboxylic acids is 1. The molecule has 0 aliphatic heterocycles. The smallest absolute Gasteiger partial charge is 0.253 e. The first-order chi connectivity index (χ1) is 13.4. The Morgan fingerprint density at radius 2 is 1.64 bits per heavy atom. The third-order valence-corrected chi connectivity index (χ3v) is 4.81. The lowest BCUT2D eigenvalue weighted by Gasteiger charge is -2.23. The summed E-state index contributed by atoms with van der Waals surface area (Å²) in [5.41, 5.74) is 3.13. The van der Waals surface area contributed by atoms with Crippen LogP contribution in [0.15, 0.2) is 59.6 Å². The monoisotopic (exact) mass is 380 g/mol. The van der Waals surface area contributed by atoms with Crippen molar-refractivity contribution in [2.75, 3.05) is 27.7 Å². The van der Waals surface area contributed by atoms with Gasteiger partial charge in [0.15, 0.2) is 5.96 Å². The van der Waals surface area contributed by atoms with Gasteiger partial charge in [0.1, 0.15) is 0 Å². The summed E-state index contributed by atoms with van der Waals surface area (Å²) in [6, 6.07) is 18.2. The van der Waals surface area contributed by atoms with E-state index in [2.05, 4.69) is 53.7 Å². The van der Waals surface area contributed by atoms with E-state index in [4.69, 9.17) is 0 Å². The highest BCUT2D eigenvalue weighted by molar-refractivity contribution is 5.93. The number of hydrogen-bond donors (Lipinski definition) is 2. The highest BCUT2D eigenvalue weighted by Crippen LogP contribution is 2.23. The minimum atomic E-state index is 0.0117. The zero-order chi connectivity index (χ0) is 20.5. The second kappa shape index (κ2) is 10.5. The molecule has 150 valence electrons. The zero-order valence-corrected chi connectivity index (χ0v) is 17.6. The number of aliphatic imine (C=N–C) groups is 1. The Labute approximate surface area is 168 Å². The second-order valence-corrected chi connectivity index (χ2v) is 7.46. The summed E-state index contributed by atoms with van der Waals surface area (Å²) in [4.78, 5) is 17.9. The lowest BCUT2D eigenvalue weighted by molar-refractivity contribution is 0.0827. The fourth-order valence-corrected chi connectivity index (χ4v) is 3.08. The van der Waals surface area contributed by atoms with Crippen molar-refractivity contribution in [3.63, 3.8) is 0 Å². The molecule has 2 N–H and O–H groups in total. The van der Waals surface area contributed by atoms with Gasteiger partial charge in [-0.1, -0.05) is 56.3 Å². The standard InChI is InChI=1S/C23H32N4O/c1-17(2)21(19-9-7-6-8-10-19)16-26-23(24-3)25-15-18-11-13-20(14-12-18)22(28)27(4)5/h6-14,17,21H,15-16H2,1-5H3,(H2,24,25,26). The van der Waals surface area contributed by atoms with Crippen LogP contribution in [0, 0.1) is 5.92 Å². The largest absolute Gasteiger partial charge is 0.356 e. The first-order valence-corrected chi connectivity index (χ1v) is 9.72. The van der Waals surface area contributed by atoms with Crippen LogP contribution >= 0.6 is 0 Å². The van der Waals surface area contributed by atoms with Crippen LogP contribution in [0.1, 0.15) is 41.3 Å². The van der Waals surface area contributed by atoms with Gasteiger partial charge in [0, 0.05) is 45.7 Å². The number of nitrogens with one attached hydrogen (secondary N) is 2. The molecule has 0 spiro atoms. The van der Waals surface area contributed by atoms with E-state index in [1.807, 2.05) is 30.3 Å². The maximum atomic E-state index is 12.0. The molecule has 5 heteroatoms. The molecular formula is C23H32N4O. The summed E-state index contributed by atoms with van der Waals surface area (Å²) in [6.45, 7) is 5.95. The second-order valence-electron chi connectivity index (χ2n) is 7.46. The van der Waals surface area contributed by atoms with Crippen LogP contribution < -0.4 is 10.6 Å². The average Bonchev–Trinajstić information content (AvgIpc) is 2.70. The maximum absolute atomic E-state index is 12.0. The van der Waals surface area contributed by atoms with Crippen LogP contribution in [0.3, 0.4) is 0 Å². The molecule has 0 radical (unpaired) electrons. The molecule has 0 heterocycles. The molecule has 0 aromatic heterocycles. The van der Waals surface area contributed by atoms with Gasteiger partial charge in [-0.2, -0.15) is 0 Å². The quantitative estimate of drug-likeness (QED) is 0.571. The number of nitrogens with zero attached hydrogens (tertiary/aromatic N) is 2. The fourth-order valence-electron chi connectivity index (χ4n) is 3.08. The predicted molar refractivity (Wildman–Crippen MR) is 117 cm³/mol. The van der Waals surface area contributed by atoms with Crippen LogP contribution in [-0.2, 0) is 6.54 Å². The Bertz CT molecular complexity index is 767. The van der Waals surface area contributed by atoms with E-state index in [0.717, 1.165) is 18.1 Å². The number of guanidine groups is 1. The highest BCUT2D eigenvalue weighted by Gasteiger charge is 2.16. The van der Waals surface area contributed by atoms with Crippen LogP contribution in [0.2, 0.25) is 0 Å². The lowest BCUT2D eigenvalue weighted by atomic mass is 9.88. The highest BCUT2D eigenvalue weighted by atomic mass is 16.2. The van der Waals surface area contributed by atoms with E-state index in [-0.39, 0.29) is 5.91 Å². The van der Waals surface area contributed by atoms with E-state index >= 15 is 0 Å². The van der Waals surface area contributed by atoms with E-state index in [0.29, 0.717) is 23.9 Å². The molecule has 0 saturated carbocycles. The molecule has 0 saturated heterocycles. The first-order valence-electron chi connectivity index (χ1n) is 9.72. The van der Waals surface area contributed by atoms with Gasteiger partial charge in [-0.05, 0) is 29.2 Å².